The number of aromatic nitrogens is 3. The minimum Gasteiger partial charge on any atom is -0.497 e. The molecule has 152 valence electrons. The molecule has 0 radical (unpaired) electrons. The largest absolute Gasteiger partial charge is 0.497 e. The fourth-order valence-electron chi connectivity index (χ4n) is 3.16. The SMILES string of the molecule is COc1ccc(-c2nnc(SCC(=O)Nc3nc4c(s3)CCCCCC4)o2)cc1. The third-order valence-corrected chi connectivity index (χ3v) is 6.55. The summed E-state index contributed by atoms with van der Waals surface area (Å²) < 4.78 is 10.8. The maximum Gasteiger partial charge on any atom is 0.277 e. The van der Waals surface area contributed by atoms with E-state index < -0.39 is 0 Å². The van der Waals surface area contributed by atoms with Crippen LogP contribution in [-0.2, 0) is 17.6 Å². The Morgan fingerprint density at radius 3 is 2.76 bits per heavy atom. The molecule has 1 aliphatic carbocycles. The second-order valence-corrected chi connectivity index (χ2v) is 8.75. The molecule has 1 amide bonds. The van der Waals surface area contributed by atoms with Gasteiger partial charge in [0.25, 0.3) is 5.22 Å². The number of carbonyl (C=O) groups is 1. The Morgan fingerprint density at radius 1 is 1.17 bits per heavy atom. The summed E-state index contributed by atoms with van der Waals surface area (Å²) in [4.78, 5) is 18.2. The quantitative estimate of drug-likeness (QED) is 0.572. The lowest BCUT2D eigenvalue weighted by Crippen LogP contribution is -2.13. The van der Waals surface area contributed by atoms with Gasteiger partial charge < -0.3 is 14.5 Å². The third-order valence-electron chi connectivity index (χ3n) is 4.66. The molecule has 2 aromatic heterocycles. The highest BCUT2D eigenvalue weighted by molar-refractivity contribution is 7.99. The van der Waals surface area contributed by atoms with Crippen LogP contribution in [0.5, 0.6) is 5.75 Å². The molecular formula is C20H22N4O3S2. The number of methoxy groups -OCH3 is 1. The number of nitrogens with zero attached hydrogens (tertiary/aromatic N) is 3. The van der Waals surface area contributed by atoms with Crippen molar-refractivity contribution in [1.29, 1.82) is 0 Å². The molecule has 0 spiro atoms. The third kappa shape index (κ3) is 5.16. The highest BCUT2D eigenvalue weighted by Gasteiger charge is 2.16. The van der Waals surface area contributed by atoms with E-state index in [-0.39, 0.29) is 11.7 Å². The van der Waals surface area contributed by atoms with E-state index in [1.807, 2.05) is 24.3 Å². The fourth-order valence-corrected chi connectivity index (χ4v) is 4.79. The predicted octanol–water partition coefficient (Wildman–Crippen LogP) is 4.59. The zero-order valence-electron chi connectivity index (χ0n) is 16.1. The number of thiazole rings is 1. The minimum atomic E-state index is -0.124. The Bertz CT molecular complexity index is 943. The predicted molar refractivity (Wildman–Crippen MR) is 114 cm³/mol. The van der Waals surface area contributed by atoms with Crippen LogP contribution < -0.4 is 10.1 Å². The molecule has 0 unspecified atom stereocenters. The van der Waals surface area contributed by atoms with Crippen molar-refractivity contribution < 1.29 is 13.9 Å². The smallest absolute Gasteiger partial charge is 0.277 e. The zero-order valence-corrected chi connectivity index (χ0v) is 17.8. The van der Waals surface area contributed by atoms with Crippen molar-refractivity contribution >= 4 is 34.1 Å². The first-order valence-electron chi connectivity index (χ1n) is 9.60. The summed E-state index contributed by atoms with van der Waals surface area (Å²) in [5.41, 5.74) is 1.95. The Morgan fingerprint density at radius 2 is 1.97 bits per heavy atom. The number of benzene rings is 1. The van der Waals surface area contributed by atoms with Crippen LogP contribution in [-0.4, -0.2) is 34.0 Å². The lowest BCUT2D eigenvalue weighted by molar-refractivity contribution is -0.113. The number of hydrogen-bond acceptors (Lipinski definition) is 8. The zero-order chi connectivity index (χ0) is 20.1. The number of hydrogen-bond donors (Lipinski definition) is 1. The van der Waals surface area contributed by atoms with Crippen LogP contribution in [0.4, 0.5) is 5.13 Å². The molecule has 1 aliphatic rings. The van der Waals surface area contributed by atoms with Gasteiger partial charge in [-0.25, -0.2) is 4.98 Å². The maximum atomic E-state index is 12.3. The number of carbonyl (C=O) groups excluding carboxylic acids is 1. The van der Waals surface area contributed by atoms with Gasteiger partial charge in [-0.3, -0.25) is 4.79 Å². The van der Waals surface area contributed by atoms with Gasteiger partial charge in [-0.05, 0) is 49.9 Å². The van der Waals surface area contributed by atoms with E-state index in [1.54, 1.807) is 18.4 Å². The summed E-state index contributed by atoms with van der Waals surface area (Å²) in [5, 5.41) is 12.0. The van der Waals surface area contributed by atoms with Crippen molar-refractivity contribution in [1.82, 2.24) is 15.2 Å². The summed E-state index contributed by atoms with van der Waals surface area (Å²) in [6.07, 6.45) is 6.98. The molecule has 0 bridgehead atoms. The van der Waals surface area contributed by atoms with Crippen LogP contribution in [0.2, 0.25) is 0 Å². The van der Waals surface area contributed by atoms with Gasteiger partial charge in [-0.15, -0.1) is 21.5 Å². The van der Waals surface area contributed by atoms with Crippen molar-refractivity contribution in [2.75, 3.05) is 18.2 Å². The van der Waals surface area contributed by atoms with Crippen molar-refractivity contribution in [2.45, 2.75) is 43.7 Å². The van der Waals surface area contributed by atoms with Gasteiger partial charge in [-0.2, -0.15) is 0 Å². The average Bonchev–Trinajstić information content (AvgIpc) is 3.34. The van der Waals surface area contributed by atoms with Crippen LogP contribution >= 0.6 is 23.1 Å². The van der Waals surface area contributed by atoms with E-state index in [0.717, 1.165) is 29.8 Å². The highest BCUT2D eigenvalue weighted by atomic mass is 32.2. The number of aryl methyl sites for hydroxylation is 2. The number of anilines is 1. The highest BCUT2D eigenvalue weighted by Crippen LogP contribution is 2.29. The van der Waals surface area contributed by atoms with Crippen LogP contribution in [0, 0.1) is 0 Å². The van der Waals surface area contributed by atoms with E-state index in [9.17, 15) is 4.79 Å². The first-order chi connectivity index (χ1) is 14.2. The van der Waals surface area contributed by atoms with Gasteiger partial charge in [0, 0.05) is 10.4 Å². The van der Waals surface area contributed by atoms with E-state index in [2.05, 4.69) is 20.5 Å². The van der Waals surface area contributed by atoms with E-state index in [4.69, 9.17) is 9.15 Å². The van der Waals surface area contributed by atoms with Gasteiger partial charge in [0.1, 0.15) is 5.75 Å². The van der Waals surface area contributed by atoms with Crippen LogP contribution in [0.15, 0.2) is 33.9 Å². The summed E-state index contributed by atoms with van der Waals surface area (Å²) in [6, 6.07) is 7.36. The second kappa shape index (κ2) is 9.41. The molecule has 2 heterocycles. The molecule has 3 aromatic rings. The molecule has 0 saturated heterocycles. The molecular weight excluding hydrogens is 408 g/mol. The molecule has 29 heavy (non-hydrogen) atoms. The maximum absolute atomic E-state index is 12.3. The summed E-state index contributed by atoms with van der Waals surface area (Å²) in [7, 11) is 1.62. The summed E-state index contributed by atoms with van der Waals surface area (Å²) in [6.45, 7) is 0. The van der Waals surface area contributed by atoms with E-state index in [0.29, 0.717) is 16.2 Å². The Balaban J connectivity index is 1.32. The molecule has 0 fully saturated rings. The molecule has 0 saturated carbocycles. The van der Waals surface area contributed by atoms with Crippen LogP contribution in [0.3, 0.4) is 0 Å². The Kier molecular flexibility index (Phi) is 6.46. The lowest BCUT2D eigenvalue weighted by Gasteiger charge is -2.06. The van der Waals surface area contributed by atoms with Crippen LogP contribution in [0.1, 0.15) is 36.3 Å². The van der Waals surface area contributed by atoms with E-state index in [1.165, 1.54) is 42.3 Å². The van der Waals surface area contributed by atoms with Gasteiger partial charge in [0.05, 0.1) is 18.6 Å². The standard InChI is InChI=1S/C20H22N4O3S2/c1-26-14-10-8-13(9-11-14)18-23-24-20(27-18)28-12-17(25)22-19-21-15-6-4-2-3-5-7-16(15)29-19/h8-11H,2-7,12H2,1H3,(H,21,22,25). The number of ether oxygens (including phenoxy) is 1. The van der Waals surface area contributed by atoms with Crippen LogP contribution in [0.25, 0.3) is 11.5 Å². The molecule has 1 aromatic carbocycles. The first kappa shape index (κ1) is 19.9. The summed E-state index contributed by atoms with van der Waals surface area (Å²) >= 11 is 2.81. The number of amides is 1. The summed E-state index contributed by atoms with van der Waals surface area (Å²) in [5.74, 6) is 1.24. The molecule has 4 rings (SSSR count). The van der Waals surface area contributed by atoms with Gasteiger partial charge in [0.15, 0.2) is 5.13 Å². The number of rotatable bonds is 6. The monoisotopic (exact) mass is 430 g/mol. The molecule has 1 N–H and O–H groups in total. The van der Waals surface area contributed by atoms with E-state index >= 15 is 0 Å². The average molecular weight is 431 g/mol. The molecule has 9 heteroatoms. The minimum absolute atomic E-state index is 0.124. The molecule has 7 nitrogen and oxygen atoms in total. The molecule has 0 atom stereocenters. The Labute approximate surface area is 177 Å². The van der Waals surface area contributed by atoms with Crippen molar-refractivity contribution in [3.8, 4) is 17.2 Å². The fraction of sp³-hybridized carbons (Fsp3) is 0.400. The number of thioether (sulfide) groups is 1. The van der Waals surface area contributed by atoms with Gasteiger partial charge in [-0.1, -0.05) is 24.6 Å². The Hall–Kier alpha value is -2.39. The van der Waals surface area contributed by atoms with Crippen molar-refractivity contribution in [3.05, 3.63) is 34.8 Å². The molecule has 0 aliphatic heterocycles. The first-order valence-corrected chi connectivity index (χ1v) is 11.4. The topological polar surface area (TPSA) is 90.1 Å². The van der Waals surface area contributed by atoms with Crippen molar-refractivity contribution in [3.63, 3.8) is 0 Å². The van der Waals surface area contributed by atoms with Gasteiger partial charge in [0.2, 0.25) is 11.8 Å². The lowest BCUT2D eigenvalue weighted by atomic mass is 10.0. The number of nitrogens with one attached hydrogen (secondary N) is 1. The second-order valence-electron chi connectivity index (χ2n) is 6.74. The van der Waals surface area contributed by atoms with Gasteiger partial charge >= 0.3 is 0 Å². The van der Waals surface area contributed by atoms with Crippen molar-refractivity contribution in [2.24, 2.45) is 0 Å². The number of fused-ring (bicyclic) bond motifs is 1. The normalized spacial score (nSPS) is 14.0.